The zero-order valence-electron chi connectivity index (χ0n) is 30.7. The van der Waals surface area contributed by atoms with Crippen LogP contribution in [0.3, 0.4) is 0 Å². The molecular formula is C38H44F4N6O6. The standard InChI is InChI=1S/C38H44F4N6O6/c1-6-20(4)29(44-28(49)18-22-12-9-10-15-26(22)39)33(50)47-37(17-16-27-24(19-37)23-13-11-14-25(31(23)43-27)38(40,41)42)36(52)45-30(21(5)7-2)34-46-32(48-54-34)35(51)53-8-3/h9-15,20-21,29-30,43H,6-8,16-19H2,1-5H3,(H,44,49)(H,45,52)(H,47,50)/t20-,21?,29+,30?,37+/m0/s1. The highest BCUT2D eigenvalue weighted by atomic mass is 19.4. The van der Waals surface area contributed by atoms with Crippen molar-refractivity contribution in [2.45, 2.75) is 96.9 Å². The van der Waals surface area contributed by atoms with Gasteiger partial charge >= 0.3 is 12.1 Å². The first kappa shape index (κ1) is 39.9. The quantitative estimate of drug-likeness (QED) is 0.0911. The van der Waals surface area contributed by atoms with Crippen molar-refractivity contribution in [1.82, 2.24) is 31.1 Å². The summed E-state index contributed by atoms with van der Waals surface area (Å²) in [6, 6.07) is 7.45. The second kappa shape index (κ2) is 16.4. The Morgan fingerprint density at radius 3 is 2.39 bits per heavy atom. The van der Waals surface area contributed by atoms with Gasteiger partial charge in [0.1, 0.15) is 23.4 Å². The highest BCUT2D eigenvalue weighted by Crippen LogP contribution is 2.40. The van der Waals surface area contributed by atoms with Crippen molar-refractivity contribution in [2.24, 2.45) is 11.8 Å². The summed E-state index contributed by atoms with van der Waals surface area (Å²) >= 11 is 0. The number of carbonyl (C=O) groups excluding carboxylic acids is 4. The first-order valence-electron chi connectivity index (χ1n) is 18.0. The number of aromatic amines is 1. The second-order valence-corrected chi connectivity index (χ2v) is 13.8. The molecular weight excluding hydrogens is 712 g/mol. The van der Waals surface area contributed by atoms with Crippen molar-refractivity contribution >= 4 is 34.6 Å². The molecule has 0 fully saturated rings. The minimum absolute atomic E-state index is 0.0344. The molecule has 5 rings (SSSR count). The number of nitrogens with zero attached hydrogens (tertiary/aromatic N) is 2. The smallest absolute Gasteiger partial charge is 0.418 e. The number of H-pyrrole nitrogens is 1. The summed E-state index contributed by atoms with van der Waals surface area (Å²) in [7, 11) is 0. The van der Waals surface area contributed by atoms with Crippen molar-refractivity contribution in [3.8, 4) is 0 Å². The van der Waals surface area contributed by atoms with Crippen LogP contribution in [0.1, 0.15) is 98.8 Å². The molecule has 2 unspecified atom stereocenters. The van der Waals surface area contributed by atoms with Crippen molar-refractivity contribution in [2.75, 3.05) is 6.61 Å². The number of aryl methyl sites for hydroxylation is 1. The number of ether oxygens (including phenoxy) is 1. The predicted molar refractivity (Wildman–Crippen MR) is 188 cm³/mol. The first-order valence-corrected chi connectivity index (χ1v) is 18.0. The Hall–Kier alpha value is -5.28. The second-order valence-electron chi connectivity index (χ2n) is 13.8. The average Bonchev–Trinajstić information content (AvgIpc) is 3.78. The summed E-state index contributed by atoms with van der Waals surface area (Å²) in [6.45, 7) is 8.92. The number of nitrogens with one attached hydrogen (secondary N) is 4. The van der Waals surface area contributed by atoms with Gasteiger partial charge in [-0.1, -0.05) is 70.9 Å². The maximum absolute atomic E-state index is 14.7. The zero-order valence-corrected chi connectivity index (χ0v) is 30.7. The average molecular weight is 757 g/mol. The van der Waals surface area contributed by atoms with Crippen molar-refractivity contribution in [1.29, 1.82) is 0 Å². The minimum Gasteiger partial charge on any atom is -0.460 e. The Morgan fingerprint density at radius 2 is 1.72 bits per heavy atom. The molecule has 0 saturated heterocycles. The number of alkyl halides is 3. The molecule has 5 atom stereocenters. The molecule has 2 heterocycles. The van der Waals surface area contributed by atoms with Crippen molar-refractivity contribution < 1.29 is 46.0 Å². The molecule has 4 aromatic rings. The van der Waals surface area contributed by atoms with Gasteiger partial charge in [0.25, 0.3) is 5.82 Å². The van der Waals surface area contributed by atoms with Crippen LogP contribution >= 0.6 is 0 Å². The number of hydrogen-bond acceptors (Lipinski definition) is 8. The van der Waals surface area contributed by atoms with Crippen LogP contribution in [-0.4, -0.2) is 57.0 Å². The molecule has 1 aliphatic rings. The molecule has 16 heteroatoms. The molecule has 0 radical (unpaired) electrons. The summed E-state index contributed by atoms with van der Waals surface area (Å²) in [4.78, 5) is 61.7. The van der Waals surface area contributed by atoms with E-state index in [1.54, 1.807) is 19.9 Å². The monoisotopic (exact) mass is 756 g/mol. The highest BCUT2D eigenvalue weighted by Gasteiger charge is 2.47. The Bertz CT molecular complexity index is 2010. The van der Waals surface area contributed by atoms with Crippen LogP contribution in [0.2, 0.25) is 0 Å². The summed E-state index contributed by atoms with van der Waals surface area (Å²) in [5, 5.41) is 12.5. The van der Waals surface area contributed by atoms with E-state index in [0.717, 1.165) is 6.07 Å². The van der Waals surface area contributed by atoms with E-state index in [1.807, 2.05) is 20.8 Å². The molecule has 0 bridgehead atoms. The third-order valence-electron chi connectivity index (χ3n) is 10.2. The van der Waals surface area contributed by atoms with Gasteiger partial charge in [-0.15, -0.1) is 0 Å². The van der Waals surface area contributed by atoms with Gasteiger partial charge < -0.3 is 30.2 Å². The lowest BCUT2D eigenvalue weighted by molar-refractivity contribution is -0.137. The maximum Gasteiger partial charge on any atom is 0.418 e. The van der Waals surface area contributed by atoms with Gasteiger partial charge in [-0.3, -0.25) is 14.4 Å². The molecule has 12 nitrogen and oxygen atoms in total. The topological polar surface area (TPSA) is 168 Å². The van der Waals surface area contributed by atoms with Crippen molar-refractivity contribution in [3.63, 3.8) is 0 Å². The van der Waals surface area contributed by atoms with E-state index in [9.17, 15) is 36.7 Å². The Balaban J connectivity index is 1.53. The van der Waals surface area contributed by atoms with Crippen LogP contribution in [0.25, 0.3) is 10.9 Å². The highest BCUT2D eigenvalue weighted by molar-refractivity contribution is 5.97. The summed E-state index contributed by atoms with van der Waals surface area (Å²) in [6.07, 6.45) is -4.19. The molecule has 0 saturated carbocycles. The number of aromatic nitrogens is 3. The van der Waals surface area contributed by atoms with Crippen LogP contribution < -0.4 is 16.0 Å². The maximum atomic E-state index is 14.7. The number of benzene rings is 2. The van der Waals surface area contributed by atoms with E-state index in [1.165, 1.54) is 30.3 Å². The van der Waals surface area contributed by atoms with Gasteiger partial charge in [-0.25, -0.2) is 9.18 Å². The van der Waals surface area contributed by atoms with Gasteiger partial charge in [0.15, 0.2) is 0 Å². The largest absolute Gasteiger partial charge is 0.460 e. The Morgan fingerprint density at radius 1 is 1.00 bits per heavy atom. The van der Waals surface area contributed by atoms with E-state index in [4.69, 9.17) is 9.26 Å². The molecule has 4 N–H and O–H groups in total. The van der Waals surface area contributed by atoms with Crippen LogP contribution in [0.5, 0.6) is 0 Å². The number of rotatable bonds is 14. The summed E-state index contributed by atoms with van der Waals surface area (Å²) in [5.74, 6) is -4.62. The van der Waals surface area contributed by atoms with Crippen LogP contribution in [0.15, 0.2) is 47.0 Å². The summed E-state index contributed by atoms with van der Waals surface area (Å²) in [5.41, 5.74) is -1.70. The molecule has 2 aromatic heterocycles. The molecule has 0 aliphatic heterocycles. The number of hydrogen-bond donors (Lipinski definition) is 4. The zero-order chi connectivity index (χ0) is 39.4. The molecule has 54 heavy (non-hydrogen) atoms. The van der Waals surface area contributed by atoms with E-state index in [-0.39, 0.29) is 66.4 Å². The molecule has 2 aromatic carbocycles. The Kier molecular flexibility index (Phi) is 12.1. The molecule has 0 spiro atoms. The fourth-order valence-corrected chi connectivity index (χ4v) is 6.72. The van der Waals surface area contributed by atoms with Gasteiger partial charge in [-0.05, 0) is 60.0 Å². The van der Waals surface area contributed by atoms with E-state index in [2.05, 4.69) is 31.1 Å². The van der Waals surface area contributed by atoms with Gasteiger partial charge in [0, 0.05) is 17.5 Å². The lowest BCUT2D eigenvalue weighted by atomic mass is 9.78. The van der Waals surface area contributed by atoms with E-state index < -0.39 is 64.8 Å². The number of para-hydroxylation sites is 1. The molecule has 3 amide bonds. The number of fused-ring (bicyclic) bond motifs is 3. The number of carbonyl (C=O) groups is 4. The third kappa shape index (κ3) is 8.42. The SMILES string of the molecule is CCOC(=O)c1noc(C(NC(=O)[C@@]2(NC(=O)[C@H](NC(=O)Cc3ccccc3F)[C@@H](C)CC)CCc3[nH]c4c(C(F)(F)F)cccc4c3C2)C(C)CC)n1. The fourth-order valence-electron chi connectivity index (χ4n) is 6.72. The number of amides is 3. The van der Waals surface area contributed by atoms with Crippen LogP contribution in [-0.2, 0) is 44.6 Å². The normalized spacial score (nSPS) is 17.9. The number of esters is 1. The predicted octanol–water partition coefficient (Wildman–Crippen LogP) is 5.91. The van der Waals surface area contributed by atoms with Gasteiger partial charge in [0.05, 0.1) is 24.1 Å². The minimum atomic E-state index is -4.66. The molecule has 1 aliphatic carbocycles. The third-order valence-corrected chi connectivity index (χ3v) is 10.2. The fraction of sp³-hybridized carbons (Fsp3) is 0.474. The lowest BCUT2D eigenvalue weighted by Crippen LogP contribution is -2.65. The molecule has 290 valence electrons. The van der Waals surface area contributed by atoms with E-state index in [0.29, 0.717) is 24.1 Å². The van der Waals surface area contributed by atoms with E-state index >= 15 is 0 Å². The number of halogens is 4. The van der Waals surface area contributed by atoms with Gasteiger partial charge in [0.2, 0.25) is 23.6 Å². The summed E-state index contributed by atoms with van der Waals surface area (Å²) < 4.78 is 66.9. The van der Waals surface area contributed by atoms with Crippen molar-refractivity contribution in [3.05, 3.63) is 82.4 Å². The van der Waals surface area contributed by atoms with Crippen LogP contribution in [0, 0.1) is 17.7 Å². The Labute approximate surface area is 309 Å². The first-order chi connectivity index (χ1) is 25.6. The lowest BCUT2D eigenvalue weighted by Gasteiger charge is -2.39. The van der Waals surface area contributed by atoms with Gasteiger partial charge in [-0.2, -0.15) is 18.2 Å². The van der Waals surface area contributed by atoms with Crippen LogP contribution in [0.4, 0.5) is 17.6 Å².